The number of hydrogen-bond donors (Lipinski definition) is 0. The first-order valence-electron chi connectivity index (χ1n) is 10.7. The van der Waals surface area contributed by atoms with Crippen LogP contribution in [0.2, 0.25) is 0 Å². The van der Waals surface area contributed by atoms with Crippen molar-refractivity contribution in [3.8, 4) is 0 Å². The number of sulfonamides is 1. The maximum Gasteiger partial charge on any atom is 0.420 e. The lowest BCUT2D eigenvalue weighted by molar-refractivity contribution is -0.137. The molecule has 9 heteroatoms. The number of rotatable bonds is 4. The SMILES string of the molecule is C[C@@H]1CCC[C@H](C)N1C(=O)Cn1c(=O)oc2cc(S(=O)(=O)N3CCCCC3)ccc21. The van der Waals surface area contributed by atoms with Gasteiger partial charge < -0.3 is 9.32 Å². The Bertz CT molecular complexity index is 1090. The van der Waals surface area contributed by atoms with Gasteiger partial charge in [-0.1, -0.05) is 6.42 Å². The summed E-state index contributed by atoms with van der Waals surface area (Å²) in [6.07, 6.45) is 5.73. The molecular formula is C21H29N3O5S. The summed E-state index contributed by atoms with van der Waals surface area (Å²) in [6, 6.07) is 4.73. The Morgan fingerprint density at radius 2 is 1.73 bits per heavy atom. The van der Waals surface area contributed by atoms with Crippen LogP contribution in [0.4, 0.5) is 0 Å². The summed E-state index contributed by atoms with van der Waals surface area (Å²) >= 11 is 0. The lowest BCUT2D eigenvalue weighted by atomic mass is 9.97. The quantitative estimate of drug-likeness (QED) is 0.736. The summed E-state index contributed by atoms with van der Waals surface area (Å²) < 4.78 is 33.9. The predicted molar refractivity (Wildman–Crippen MR) is 113 cm³/mol. The molecule has 0 aliphatic carbocycles. The van der Waals surface area contributed by atoms with Crippen molar-refractivity contribution in [1.29, 1.82) is 0 Å². The van der Waals surface area contributed by atoms with Crippen LogP contribution in [-0.4, -0.2) is 53.3 Å². The summed E-state index contributed by atoms with van der Waals surface area (Å²) in [4.78, 5) is 27.3. The van der Waals surface area contributed by atoms with Gasteiger partial charge in [-0.05, 0) is 58.1 Å². The van der Waals surface area contributed by atoms with Gasteiger partial charge in [0, 0.05) is 31.2 Å². The fourth-order valence-electron chi connectivity index (χ4n) is 4.74. The maximum atomic E-state index is 12.9. The molecule has 2 aliphatic rings. The Balaban J connectivity index is 1.62. The van der Waals surface area contributed by atoms with Crippen LogP contribution in [0.25, 0.3) is 11.1 Å². The Hall–Kier alpha value is -2.13. The van der Waals surface area contributed by atoms with Crippen molar-refractivity contribution in [1.82, 2.24) is 13.8 Å². The van der Waals surface area contributed by atoms with Crippen LogP contribution in [0.15, 0.2) is 32.3 Å². The van der Waals surface area contributed by atoms with E-state index < -0.39 is 15.8 Å². The highest BCUT2D eigenvalue weighted by Crippen LogP contribution is 2.26. The molecular weight excluding hydrogens is 406 g/mol. The monoisotopic (exact) mass is 435 g/mol. The number of fused-ring (bicyclic) bond motifs is 1. The fraction of sp³-hybridized carbons (Fsp3) is 0.619. The molecule has 2 atom stereocenters. The van der Waals surface area contributed by atoms with Gasteiger partial charge in [0.1, 0.15) is 6.54 Å². The van der Waals surface area contributed by atoms with Crippen molar-refractivity contribution < 1.29 is 17.6 Å². The Kier molecular flexibility index (Phi) is 5.76. The van der Waals surface area contributed by atoms with E-state index in [0.717, 1.165) is 38.5 Å². The topological polar surface area (TPSA) is 92.8 Å². The van der Waals surface area contributed by atoms with Crippen LogP contribution in [0.5, 0.6) is 0 Å². The van der Waals surface area contributed by atoms with Crippen LogP contribution in [-0.2, 0) is 21.4 Å². The Morgan fingerprint density at radius 1 is 1.07 bits per heavy atom. The standard InChI is InChI=1S/C21H29N3O5S/c1-15-7-6-8-16(2)24(15)20(25)14-23-18-10-9-17(13-19(18)29-21(23)26)30(27,28)22-11-4-3-5-12-22/h9-10,13,15-16H,3-8,11-12,14H2,1-2H3/t15-,16+. The van der Waals surface area contributed by atoms with Crippen LogP contribution in [0, 0.1) is 0 Å². The summed E-state index contributed by atoms with van der Waals surface area (Å²) in [7, 11) is -3.62. The average molecular weight is 436 g/mol. The summed E-state index contributed by atoms with van der Waals surface area (Å²) in [5.41, 5.74) is 0.619. The highest BCUT2D eigenvalue weighted by Gasteiger charge is 2.30. The molecule has 0 saturated carbocycles. The maximum absolute atomic E-state index is 12.9. The lowest BCUT2D eigenvalue weighted by Crippen LogP contribution is -2.49. The zero-order valence-electron chi connectivity index (χ0n) is 17.5. The molecule has 1 aromatic carbocycles. The number of hydrogen-bond acceptors (Lipinski definition) is 5. The van der Waals surface area contributed by atoms with E-state index in [1.807, 2.05) is 18.7 Å². The van der Waals surface area contributed by atoms with Gasteiger partial charge in [-0.3, -0.25) is 9.36 Å². The number of likely N-dealkylation sites (tertiary alicyclic amines) is 1. The van der Waals surface area contributed by atoms with E-state index in [-0.39, 0.29) is 35.0 Å². The van der Waals surface area contributed by atoms with E-state index >= 15 is 0 Å². The van der Waals surface area contributed by atoms with Gasteiger partial charge in [0.2, 0.25) is 15.9 Å². The number of oxazole rings is 1. The first-order chi connectivity index (χ1) is 14.3. The van der Waals surface area contributed by atoms with E-state index in [0.29, 0.717) is 18.6 Å². The van der Waals surface area contributed by atoms with E-state index in [1.54, 1.807) is 6.07 Å². The second-order valence-electron chi connectivity index (χ2n) is 8.48. The number of carbonyl (C=O) groups excluding carboxylic acids is 1. The molecule has 164 valence electrons. The average Bonchev–Trinajstić information content (AvgIpc) is 3.03. The third-order valence-electron chi connectivity index (χ3n) is 6.37. The van der Waals surface area contributed by atoms with Gasteiger partial charge in [-0.2, -0.15) is 4.31 Å². The molecule has 0 bridgehead atoms. The molecule has 2 fully saturated rings. The molecule has 8 nitrogen and oxygen atoms in total. The van der Waals surface area contributed by atoms with Gasteiger partial charge in [0.05, 0.1) is 10.4 Å². The van der Waals surface area contributed by atoms with Crippen molar-refractivity contribution in [3.05, 3.63) is 28.7 Å². The van der Waals surface area contributed by atoms with Gasteiger partial charge in [0.25, 0.3) is 0 Å². The molecule has 2 aliphatic heterocycles. The van der Waals surface area contributed by atoms with Gasteiger partial charge in [0.15, 0.2) is 5.58 Å². The molecule has 3 heterocycles. The van der Waals surface area contributed by atoms with Crippen molar-refractivity contribution in [2.45, 2.75) is 75.9 Å². The van der Waals surface area contributed by atoms with Crippen LogP contribution in [0.3, 0.4) is 0 Å². The Labute approximate surface area is 176 Å². The second kappa shape index (κ2) is 8.19. The fourth-order valence-corrected chi connectivity index (χ4v) is 6.27. The smallest absolute Gasteiger partial charge is 0.408 e. The number of piperidine rings is 2. The zero-order chi connectivity index (χ0) is 21.5. The van der Waals surface area contributed by atoms with Gasteiger partial charge in [-0.25, -0.2) is 13.2 Å². The van der Waals surface area contributed by atoms with E-state index in [1.165, 1.54) is 21.0 Å². The molecule has 1 amide bonds. The number of carbonyl (C=O) groups is 1. The van der Waals surface area contributed by atoms with Crippen molar-refractivity contribution in [3.63, 3.8) is 0 Å². The van der Waals surface area contributed by atoms with Crippen molar-refractivity contribution >= 4 is 27.0 Å². The molecule has 30 heavy (non-hydrogen) atoms. The predicted octanol–water partition coefficient (Wildman–Crippen LogP) is 2.56. The largest absolute Gasteiger partial charge is 0.420 e. The zero-order valence-corrected chi connectivity index (χ0v) is 18.4. The number of aromatic nitrogens is 1. The second-order valence-corrected chi connectivity index (χ2v) is 10.4. The third kappa shape index (κ3) is 3.80. The first-order valence-corrected chi connectivity index (χ1v) is 12.2. The molecule has 2 saturated heterocycles. The minimum absolute atomic E-state index is 0.112. The molecule has 0 radical (unpaired) electrons. The minimum Gasteiger partial charge on any atom is -0.408 e. The summed E-state index contributed by atoms with van der Waals surface area (Å²) in [5, 5.41) is 0. The highest BCUT2D eigenvalue weighted by atomic mass is 32.2. The number of benzene rings is 1. The van der Waals surface area contributed by atoms with Crippen molar-refractivity contribution in [2.75, 3.05) is 13.1 Å². The van der Waals surface area contributed by atoms with Gasteiger partial charge >= 0.3 is 5.76 Å². The van der Waals surface area contributed by atoms with Crippen LogP contribution in [0.1, 0.15) is 52.4 Å². The molecule has 2 aromatic rings. The lowest BCUT2D eigenvalue weighted by Gasteiger charge is -2.39. The normalized spacial score (nSPS) is 23.7. The highest BCUT2D eigenvalue weighted by molar-refractivity contribution is 7.89. The molecule has 0 N–H and O–H groups in total. The third-order valence-corrected chi connectivity index (χ3v) is 8.26. The van der Waals surface area contributed by atoms with Crippen molar-refractivity contribution in [2.24, 2.45) is 0 Å². The van der Waals surface area contributed by atoms with Crippen LogP contribution < -0.4 is 5.76 Å². The summed E-state index contributed by atoms with van der Waals surface area (Å²) in [5.74, 6) is -0.771. The molecule has 0 spiro atoms. The van der Waals surface area contributed by atoms with E-state index in [2.05, 4.69) is 0 Å². The minimum atomic E-state index is -3.62. The summed E-state index contributed by atoms with van der Waals surface area (Å²) in [6.45, 7) is 4.96. The van der Waals surface area contributed by atoms with Crippen LogP contribution >= 0.6 is 0 Å². The molecule has 1 aromatic heterocycles. The number of amides is 1. The van der Waals surface area contributed by atoms with E-state index in [4.69, 9.17) is 4.42 Å². The molecule has 0 unspecified atom stereocenters. The van der Waals surface area contributed by atoms with Gasteiger partial charge in [-0.15, -0.1) is 0 Å². The van der Waals surface area contributed by atoms with E-state index in [9.17, 15) is 18.0 Å². The first kappa shape index (κ1) is 21.1. The Morgan fingerprint density at radius 3 is 2.40 bits per heavy atom. The number of nitrogens with zero attached hydrogens (tertiary/aromatic N) is 3. The molecule has 4 rings (SSSR count).